The Morgan fingerprint density at radius 2 is 2.12 bits per heavy atom. The molecule has 1 spiro atoms. The highest BCUT2D eigenvalue weighted by molar-refractivity contribution is 7.08. The molecule has 0 N–H and O–H groups in total. The second-order valence-corrected chi connectivity index (χ2v) is 8.21. The Balaban J connectivity index is 1.34. The summed E-state index contributed by atoms with van der Waals surface area (Å²) >= 11 is 1.72. The van der Waals surface area contributed by atoms with Gasteiger partial charge in [-0.2, -0.15) is 11.3 Å². The number of hydrogen-bond acceptors (Lipinski definition) is 4. The van der Waals surface area contributed by atoms with Crippen molar-refractivity contribution in [1.29, 1.82) is 0 Å². The SMILES string of the molecule is O=C(c1ccco1)N1CCC2(CCc3ncc(-c4ccsc4)n3C2)CC1. The summed E-state index contributed by atoms with van der Waals surface area (Å²) in [5.74, 6) is 1.66. The molecular formula is C20H21N3O2S. The number of thiophene rings is 1. The van der Waals surface area contributed by atoms with E-state index in [0.29, 0.717) is 5.76 Å². The van der Waals surface area contributed by atoms with E-state index in [4.69, 9.17) is 4.42 Å². The van der Waals surface area contributed by atoms with Crippen LogP contribution in [0.5, 0.6) is 0 Å². The van der Waals surface area contributed by atoms with Crippen LogP contribution in [-0.4, -0.2) is 33.4 Å². The second-order valence-electron chi connectivity index (χ2n) is 7.43. The molecule has 1 fully saturated rings. The number of aryl methyl sites for hydroxylation is 1. The number of carbonyl (C=O) groups is 1. The summed E-state index contributed by atoms with van der Waals surface area (Å²) in [5, 5.41) is 4.31. The lowest BCUT2D eigenvalue weighted by Crippen LogP contribution is -2.46. The number of hydrogen-bond donors (Lipinski definition) is 0. The number of amides is 1. The van der Waals surface area contributed by atoms with Gasteiger partial charge in [0, 0.05) is 37.0 Å². The van der Waals surface area contributed by atoms with E-state index in [9.17, 15) is 4.79 Å². The van der Waals surface area contributed by atoms with Crippen molar-refractivity contribution in [2.45, 2.75) is 32.2 Å². The van der Waals surface area contributed by atoms with E-state index in [1.54, 1.807) is 29.7 Å². The summed E-state index contributed by atoms with van der Waals surface area (Å²) in [6.45, 7) is 2.62. The van der Waals surface area contributed by atoms with Crippen LogP contribution in [0.15, 0.2) is 45.8 Å². The lowest BCUT2D eigenvalue weighted by Gasteiger charge is -2.44. The fourth-order valence-electron chi connectivity index (χ4n) is 4.37. The fraction of sp³-hybridized carbons (Fsp3) is 0.400. The van der Waals surface area contributed by atoms with Gasteiger partial charge < -0.3 is 13.9 Å². The van der Waals surface area contributed by atoms with Crippen LogP contribution < -0.4 is 0 Å². The molecule has 0 radical (unpaired) electrons. The molecule has 5 rings (SSSR count). The van der Waals surface area contributed by atoms with Crippen LogP contribution in [-0.2, 0) is 13.0 Å². The fourth-order valence-corrected chi connectivity index (χ4v) is 5.02. The van der Waals surface area contributed by atoms with E-state index in [1.165, 1.54) is 17.1 Å². The third kappa shape index (κ3) is 2.60. The van der Waals surface area contributed by atoms with Gasteiger partial charge in [0.2, 0.25) is 0 Å². The molecule has 134 valence electrons. The van der Waals surface area contributed by atoms with Gasteiger partial charge in [0.25, 0.3) is 5.91 Å². The Kier molecular flexibility index (Phi) is 3.74. The molecule has 6 heteroatoms. The normalized spacial score (nSPS) is 18.8. The van der Waals surface area contributed by atoms with Gasteiger partial charge in [-0.05, 0) is 48.3 Å². The molecule has 5 nitrogen and oxygen atoms in total. The van der Waals surface area contributed by atoms with Gasteiger partial charge in [-0.1, -0.05) is 0 Å². The lowest BCUT2D eigenvalue weighted by molar-refractivity contribution is 0.0446. The highest BCUT2D eigenvalue weighted by atomic mass is 32.1. The van der Waals surface area contributed by atoms with Crippen LogP contribution in [0.4, 0.5) is 0 Å². The summed E-state index contributed by atoms with van der Waals surface area (Å²) in [5.41, 5.74) is 2.77. The molecule has 2 aliphatic rings. The molecular weight excluding hydrogens is 346 g/mol. The van der Waals surface area contributed by atoms with Crippen LogP contribution in [0, 0.1) is 5.41 Å². The number of furan rings is 1. The van der Waals surface area contributed by atoms with Gasteiger partial charge in [-0.3, -0.25) is 4.79 Å². The zero-order chi connectivity index (χ0) is 17.6. The van der Waals surface area contributed by atoms with Crippen molar-refractivity contribution in [3.63, 3.8) is 0 Å². The zero-order valence-corrected chi connectivity index (χ0v) is 15.4. The van der Waals surface area contributed by atoms with Crippen molar-refractivity contribution < 1.29 is 9.21 Å². The predicted octanol–water partition coefficient (Wildman–Crippen LogP) is 4.07. The first-order valence-electron chi connectivity index (χ1n) is 9.14. The summed E-state index contributed by atoms with van der Waals surface area (Å²) in [7, 11) is 0. The van der Waals surface area contributed by atoms with Crippen molar-refractivity contribution in [2.24, 2.45) is 5.41 Å². The van der Waals surface area contributed by atoms with Crippen molar-refractivity contribution in [1.82, 2.24) is 14.5 Å². The predicted molar refractivity (Wildman–Crippen MR) is 100 cm³/mol. The standard InChI is InChI=1S/C20H21N3O2S/c24-19(17-2-1-10-25-17)22-8-6-20(7-9-22)5-3-18-21-12-16(23(18)14-20)15-4-11-26-13-15/h1-2,4,10-13H,3,5-9,14H2. The molecule has 3 aromatic rings. The molecule has 0 bridgehead atoms. The van der Waals surface area contributed by atoms with Gasteiger partial charge in [0.1, 0.15) is 5.82 Å². The highest BCUT2D eigenvalue weighted by Crippen LogP contribution is 2.42. The molecule has 0 aromatic carbocycles. The quantitative estimate of drug-likeness (QED) is 0.686. The first kappa shape index (κ1) is 15.9. The van der Waals surface area contributed by atoms with E-state index < -0.39 is 0 Å². The summed E-state index contributed by atoms with van der Waals surface area (Å²) in [6.07, 6.45) is 7.85. The summed E-state index contributed by atoms with van der Waals surface area (Å²) in [4.78, 5) is 19.1. The first-order chi connectivity index (χ1) is 12.7. The third-order valence-electron chi connectivity index (χ3n) is 5.97. The van der Waals surface area contributed by atoms with Gasteiger partial charge in [0.05, 0.1) is 18.2 Å². The van der Waals surface area contributed by atoms with E-state index >= 15 is 0 Å². The molecule has 1 saturated heterocycles. The minimum Gasteiger partial charge on any atom is -0.459 e. The van der Waals surface area contributed by atoms with Crippen LogP contribution in [0.3, 0.4) is 0 Å². The minimum atomic E-state index is 0.0166. The maximum Gasteiger partial charge on any atom is 0.289 e. The third-order valence-corrected chi connectivity index (χ3v) is 6.65. The number of rotatable bonds is 2. The number of carbonyl (C=O) groups excluding carboxylic acids is 1. The highest BCUT2D eigenvalue weighted by Gasteiger charge is 2.40. The molecule has 0 atom stereocenters. The maximum atomic E-state index is 12.5. The molecule has 1 amide bonds. The van der Waals surface area contributed by atoms with Crippen molar-refractivity contribution in [2.75, 3.05) is 13.1 Å². The van der Waals surface area contributed by atoms with Crippen LogP contribution in [0.25, 0.3) is 11.3 Å². The van der Waals surface area contributed by atoms with Gasteiger partial charge in [0.15, 0.2) is 5.76 Å². The Hall–Kier alpha value is -2.34. The Labute approximate surface area is 156 Å². The van der Waals surface area contributed by atoms with E-state index in [2.05, 4.69) is 26.4 Å². The van der Waals surface area contributed by atoms with Crippen LogP contribution >= 0.6 is 11.3 Å². The smallest absolute Gasteiger partial charge is 0.289 e. The number of aromatic nitrogens is 2. The number of likely N-dealkylation sites (tertiary alicyclic amines) is 1. The van der Waals surface area contributed by atoms with Gasteiger partial charge in [-0.15, -0.1) is 0 Å². The molecule has 0 unspecified atom stereocenters. The van der Waals surface area contributed by atoms with E-state index in [-0.39, 0.29) is 11.3 Å². The van der Waals surface area contributed by atoms with Crippen molar-refractivity contribution >= 4 is 17.2 Å². The minimum absolute atomic E-state index is 0.0166. The number of nitrogens with zero attached hydrogens (tertiary/aromatic N) is 3. The average molecular weight is 367 g/mol. The summed E-state index contributed by atoms with van der Waals surface area (Å²) in [6, 6.07) is 5.69. The summed E-state index contributed by atoms with van der Waals surface area (Å²) < 4.78 is 7.69. The van der Waals surface area contributed by atoms with Crippen molar-refractivity contribution in [3.05, 3.63) is 53.0 Å². The van der Waals surface area contributed by atoms with Crippen molar-refractivity contribution in [3.8, 4) is 11.3 Å². The molecule has 3 aromatic heterocycles. The zero-order valence-electron chi connectivity index (χ0n) is 14.6. The Morgan fingerprint density at radius 1 is 1.23 bits per heavy atom. The Bertz CT molecular complexity index is 903. The van der Waals surface area contributed by atoms with Crippen LogP contribution in [0.1, 0.15) is 35.6 Å². The molecule has 2 aliphatic heterocycles. The lowest BCUT2D eigenvalue weighted by atomic mass is 9.73. The largest absolute Gasteiger partial charge is 0.459 e. The van der Waals surface area contributed by atoms with Gasteiger partial charge >= 0.3 is 0 Å². The molecule has 26 heavy (non-hydrogen) atoms. The maximum absolute atomic E-state index is 12.5. The van der Waals surface area contributed by atoms with Crippen LogP contribution in [0.2, 0.25) is 0 Å². The molecule has 0 saturated carbocycles. The molecule has 5 heterocycles. The second kappa shape index (κ2) is 6.13. The monoisotopic (exact) mass is 367 g/mol. The van der Waals surface area contributed by atoms with E-state index in [0.717, 1.165) is 45.3 Å². The molecule has 0 aliphatic carbocycles. The van der Waals surface area contributed by atoms with E-state index in [1.807, 2.05) is 11.1 Å². The number of piperidine rings is 1. The Morgan fingerprint density at radius 3 is 2.85 bits per heavy atom. The van der Waals surface area contributed by atoms with Gasteiger partial charge in [-0.25, -0.2) is 4.98 Å². The number of imidazole rings is 1. The average Bonchev–Trinajstić information content (AvgIpc) is 3.42. The topological polar surface area (TPSA) is 51.3 Å². The number of fused-ring (bicyclic) bond motifs is 1. The first-order valence-corrected chi connectivity index (χ1v) is 10.1.